The molecule has 146 valence electrons. The van der Waals surface area contributed by atoms with Crippen molar-refractivity contribution in [2.24, 2.45) is 4.99 Å². The van der Waals surface area contributed by atoms with Gasteiger partial charge in [-0.05, 0) is 33.6 Å². The van der Waals surface area contributed by atoms with Crippen LogP contribution < -0.4 is 10.0 Å². The number of nitrogens with zero attached hydrogens (tertiary/aromatic N) is 2. The second-order valence-electron chi connectivity index (χ2n) is 7.34. The molecule has 0 bridgehead atoms. The summed E-state index contributed by atoms with van der Waals surface area (Å²) in [7, 11) is -3.28. The lowest BCUT2D eigenvalue weighted by Crippen LogP contribution is -2.54. The van der Waals surface area contributed by atoms with Crippen molar-refractivity contribution in [3.05, 3.63) is 0 Å². The monoisotopic (exact) mass is 376 g/mol. The molecule has 2 rings (SSSR count). The molecule has 2 atom stereocenters. The molecule has 0 amide bonds. The van der Waals surface area contributed by atoms with Gasteiger partial charge in [-0.1, -0.05) is 0 Å². The van der Waals surface area contributed by atoms with Crippen molar-refractivity contribution in [2.45, 2.75) is 51.4 Å². The fourth-order valence-electron chi connectivity index (χ4n) is 3.22. The van der Waals surface area contributed by atoms with E-state index in [1.54, 1.807) is 0 Å². The first-order valence-corrected chi connectivity index (χ1v) is 10.8. The van der Waals surface area contributed by atoms with Gasteiger partial charge in [0.05, 0.1) is 25.5 Å². The minimum Gasteiger partial charge on any atom is -0.375 e. The van der Waals surface area contributed by atoms with Crippen LogP contribution >= 0.6 is 0 Å². The van der Waals surface area contributed by atoms with Crippen molar-refractivity contribution in [3.8, 4) is 0 Å². The van der Waals surface area contributed by atoms with Gasteiger partial charge < -0.3 is 19.7 Å². The molecule has 8 nitrogen and oxygen atoms in total. The average molecular weight is 377 g/mol. The summed E-state index contributed by atoms with van der Waals surface area (Å²) in [5.41, 5.74) is -0.644. The van der Waals surface area contributed by atoms with E-state index in [-0.39, 0.29) is 12.2 Å². The highest BCUT2D eigenvalue weighted by Gasteiger charge is 2.32. The quantitative estimate of drug-likeness (QED) is 0.507. The Bertz CT molecular complexity index is 558. The smallest absolute Gasteiger partial charge is 0.209 e. The maximum Gasteiger partial charge on any atom is 0.209 e. The number of rotatable bonds is 6. The molecule has 0 aromatic heterocycles. The van der Waals surface area contributed by atoms with Gasteiger partial charge in [0, 0.05) is 31.8 Å². The molecule has 2 saturated heterocycles. The lowest BCUT2D eigenvalue weighted by Gasteiger charge is -2.37. The molecule has 2 unspecified atom stereocenters. The van der Waals surface area contributed by atoms with Crippen molar-refractivity contribution in [2.75, 3.05) is 45.6 Å². The number of ether oxygens (including phenoxy) is 2. The van der Waals surface area contributed by atoms with E-state index >= 15 is 0 Å². The predicted octanol–water partition coefficient (Wildman–Crippen LogP) is 0.160. The van der Waals surface area contributed by atoms with Crippen molar-refractivity contribution in [3.63, 3.8) is 0 Å². The lowest BCUT2D eigenvalue weighted by atomic mass is 10.1. The van der Waals surface area contributed by atoms with E-state index in [1.165, 1.54) is 0 Å². The summed E-state index contributed by atoms with van der Waals surface area (Å²) in [5.74, 6) is 0.789. The van der Waals surface area contributed by atoms with Gasteiger partial charge in [-0.3, -0.25) is 4.99 Å². The van der Waals surface area contributed by atoms with E-state index < -0.39 is 15.6 Å². The summed E-state index contributed by atoms with van der Waals surface area (Å²) in [6, 6.07) is 0. The molecule has 9 heteroatoms. The molecule has 25 heavy (non-hydrogen) atoms. The number of hydrogen-bond donors (Lipinski definition) is 2. The second-order valence-corrected chi connectivity index (χ2v) is 9.08. The highest BCUT2D eigenvalue weighted by atomic mass is 32.2. The standard InChI is InChI=1S/C16H32N4O4S/c1-5-17-15(18-12-16(2,3)19-25(4,21)22)20-8-10-24-14(11-20)13-7-6-9-23-13/h13-14,19H,5-12H2,1-4H3,(H,17,18). The molecule has 2 N–H and O–H groups in total. The third-order valence-corrected chi connectivity index (χ3v) is 5.12. The minimum atomic E-state index is -3.28. The summed E-state index contributed by atoms with van der Waals surface area (Å²) >= 11 is 0. The van der Waals surface area contributed by atoms with Crippen LogP contribution in [0.5, 0.6) is 0 Å². The van der Waals surface area contributed by atoms with Crippen LogP contribution in [-0.4, -0.2) is 82.7 Å². The molecule has 2 aliphatic rings. The minimum absolute atomic E-state index is 0.0576. The Hall–Kier alpha value is -0.900. The largest absolute Gasteiger partial charge is 0.375 e. The van der Waals surface area contributed by atoms with Crippen LogP contribution in [0.1, 0.15) is 33.6 Å². The maximum absolute atomic E-state index is 11.5. The zero-order valence-electron chi connectivity index (χ0n) is 15.7. The van der Waals surface area contributed by atoms with Gasteiger partial charge in [-0.2, -0.15) is 0 Å². The van der Waals surface area contributed by atoms with Crippen LogP contribution in [0.2, 0.25) is 0 Å². The molecule has 0 radical (unpaired) electrons. The number of guanidine groups is 1. The van der Waals surface area contributed by atoms with Crippen LogP contribution in [0.4, 0.5) is 0 Å². The number of hydrogen-bond acceptors (Lipinski definition) is 5. The molecule has 2 heterocycles. The molecule has 0 spiro atoms. The normalized spacial score (nSPS) is 26.1. The van der Waals surface area contributed by atoms with Crippen LogP contribution in [0.3, 0.4) is 0 Å². The Kier molecular flexibility index (Phi) is 7.07. The van der Waals surface area contributed by atoms with Gasteiger partial charge >= 0.3 is 0 Å². The van der Waals surface area contributed by atoms with Gasteiger partial charge in [0.2, 0.25) is 10.0 Å². The zero-order chi connectivity index (χ0) is 18.5. The van der Waals surface area contributed by atoms with Gasteiger partial charge in [0.25, 0.3) is 0 Å². The second kappa shape index (κ2) is 8.66. The number of sulfonamides is 1. The SMILES string of the molecule is CCNC(=NCC(C)(C)NS(C)(=O)=O)N1CCOC(C2CCCO2)C1. The topological polar surface area (TPSA) is 92.3 Å². The third kappa shape index (κ3) is 6.73. The predicted molar refractivity (Wildman–Crippen MR) is 98.3 cm³/mol. The molecule has 0 aliphatic carbocycles. The highest BCUT2D eigenvalue weighted by Crippen LogP contribution is 2.21. The summed E-state index contributed by atoms with van der Waals surface area (Å²) in [6.45, 7) is 9.72. The number of aliphatic imine (C=N–C) groups is 1. The van der Waals surface area contributed by atoms with E-state index in [2.05, 4.69) is 19.9 Å². The van der Waals surface area contributed by atoms with E-state index in [4.69, 9.17) is 9.47 Å². The van der Waals surface area contributed by atoms with Crippen LogP contribution in [0.15, 0.2) is 4.99 Å². The van der Waals surface area contributed by atoms with Crippen molar-refractivity contribution in [1.82, 2.24) is 14.9 Å². The number of morpholine rings is 1. The third-order valence-electron chi connectivity index (χ3n) is 4.19. The Morgan fingerprint density at radius 1 is 1.28 bits per heavy atom. The maximum atomic E-state index is 11.5. The fourth-order valence-corrected chi connectivity index (χ4v) is 4.29. The van der Waals surface area contributed by atoms with Crippen molar-refractivity contribution in [1.29, 1.82) is 0 Å². The molecule has 0 aromatic carbocycles. The van der Waals surface area contributed by atoms with E-state index in [9.17, 15) is 8.42 Å². The molecule has 0 saturated carbocycles. The average Bonchev–Trinajstić information content (AvgIpc) is 3.03. The van der Waals surface area contributed by atoms with E-state index in [0.29, 0.717) is 13.2 Å². The molecular weight excluding hydrogens is 344 g/mol. The molecule has 2 aliphatic heterocycles. The molecule has 0 aromatic rings. The van der Waals surface area contributed by atoms with E-state index in [0.717, 1.165) is 51.3 Å². The zero-order valence-corrected chi connectivity index (χ0v) is 16.6. The summed E-state index contributed by atoms with van der Waals surface area (Å²) in [6.07, 6.45) is 3.51. The molecule has 2 fully saturated rings. The van der Waals surface area contributed by atoms with Gasteiger partial charge in [-0.15, -0.1) is 0 Å². The van der Waals surface area contributed by atoms with Crippen LogP contribution in [0.25, 0.3) is 0 Å². The van der Waals surface area contributed by atoms with Crippen molar-refractivity contribution >= 4 is 16.0 Å². The van der Waals surface area contributed by atoms with Crippen molar-refractivity contribution < 1.29 is 17.9 Å². The molecular formula is C16H32N4O4S. The Morgan fingerprint density at radius 3 is 2.60 bits per heavy atom. The first-order chi connectivity index (χ1) is 11.7. The van der Waals surface area contributed by atoms with Crippen LogP contribution in [0, 0.1) is 0 Å². The summed E-state index contributed by atoms with van der Waals surface area (Å²) in [4.78, 5) is 6.84. The number of nitrogens with one attached hydrogen (secondary N) is 2. The van der Waals surface area contributed by atoms with Gasteiger partial charge in [-0.25, -0.2) is 13.1 Å². The van der Waals surface area contributed by atoms with Gasteiger partial charge in [0.1, 0.15) is 6.10 Å². The first kappa shape index (κ1) is 20.4. The Balaban J connectivity index is 2.02. The Morgan fingerprint density at radius 2 is 2.00 bits per heavy atom. The first-order valence-electron chi connectivity index (χ1n) is 8.95. The fraction of sp³-hybridized carbons (Fsp3) is 0.938. The summed E-state index contributed by atoms with van der Waals surface area (Å²) in [5, 5.41) is 3.30. The van der Waals surface area contributed by atoms with Gasteiger partial charge in [0.15, 0.2) is 5.96 Å². The van der Waals surface area contributed by atoms with Crippen LogP contribution in [-0.2, 0) is 19.5 Å². The summed E-state index contributed by atoms with van der Waals surface area (Å²) < 4.78 is 37.3. The Labute approximate surface area is 151 Å². The lowest BCUT2D eigenvalue weighted by molar-refractivity contribution is -0.0817. The highest BCUT2D eigenvalue weighted by molar-refractivity contribution is 7.88. The van der Waals surface area contributed by atoms with E-state index in [1.807, 2.05) is 20.8 Å².